The van der Waals surface area contributed by atoms with Crippen LogP contribution in [0, 0.1) is 6.92 Å². The summed E-state index contributed by atoms with van der Waals surface area (Å²) in [6.45, 7) is 2.05. The summed E-state index contributed by atoms with van der Waals surface area (Å²) in [6.07, 6.45) is 7.55. The Morgan fingerprint density at radius 1 is 0.676 bits per heavy atom. The molecule has 0 amide bonds. The van der Waals surface area contributed by atoms with Gasteiger partial charge in [-0.25, -0.2) is 0 Å². The van der Waals surface area contributed by atoms with E-state index in [1.807, 2.05) is 24.5 Å². The molecule has 0 bridgehead atoms. The van der Waals surface area contributed by atoms with Crippen LogP contribution in [0.15, 0.2) is 98.1 Å². The molecule has 0 aliphatic heterocycles. The molecule has 168 valence electrons. The predicted molar refractivity (Wildman–Crippen MR) is 138 cm³/mol. The van der Waals surface area contributed by atoms with Gasteiger partial charge in [-0.3, -0.25) is 0 Å². The van der Waals surface area contributed by atoms with Gasteiger partial charge in [0.25, 0.3) is 0 Å². The van der Waals surface area contributed by atoms with Crippen LogP contribution in [0.3, 0.4) is 0 Å². The molecule has 2 aromatic heterocycles. The molecule has 1 aliphatic rings. The van der Waals surface area contributed by atoms with E-state index < -0.39 is 0 Å². The first-order chi connectivity index (χ1) is 16.8. The summed E-state index contributed by atoms with van der Waals surface area (Å²) in [5.41, 5.74) is 8.67. The number of aryl methyl sites for hydroxylation is 1. The van der Waals surface area contributed by atoms with Crippen molar-refractivity contribution in [2.45, 2.75) is 39.0 Å². The molecular weight excluding hydrogens is 420 g/mol. The first-order valence-corrected chi connectivity index (χ1v) is 12.0. The van der Waals surface area contributed by atoms with Gasteiger partial charge in [0, 0.05) is 33.7 Å². The normalized spacial score (nSPS) is 14.7. The highest BCUT2D eigenvalue weighted by atomic mass is 16.3. The topological polar surface area (TPSA) is 51.0 Å². The number of hydrogen-bond acceptors (Lipinski definition) is 4. The lowest BCUT2D eigenvalue weighted by atomic mass is 9.96. The highest BCUT2D eigenvalue weighted by Gasteiger charge is 2.17. The number of benzene rings is 3. The molecule has 0 N–H and O–H groups in total. The molecule has 34 heavy (non-hydrogen) atoms. The molecule has 3 aromatic carbocycles. The Kier molecular flexibility index (Phi) is 5.34. The van der Waals surface area contributed by atoms with Gasteiger partial charge in [-0.15, -0.1) is 5.10 Å². The van der Waals surface area contributed by atoms with Crippen LogP contribution in [0.1, 0.15) is 37.7 Å². The molecule has 5 aromatic rings. The highest BCUT2D eigenvalue weighted by molar-refractivity contribution is 6.08. The summed E-state index contributed by atoms with van der Waals surface area (Å²) in [5.74, 6) is 0. The molecule has 0 unspecified atom stereocenters. The second-order valence-corrected chi connectivity index (χ2v) is 8.96. The maximum Gasteiger partial charge on any atom is 0.239 e. The van der Waals surface area contributed by atoms with E-state index in [1.54, 1.807) is 0 Å². The summed E-state index contributed by atoms with van der Waals surface area (Å²) in [7, 11) is 0. The molecule has 1 aliphatic carbocycles. The SMILES string of the molecule is Cc1c2occ(-c3ccccc3)c2cc2c(-c3ccccc3)c/c(=N/N=C3CCCCC3)oc12. The Morgan fingerprint density at radius 2 is 1.32 bits per heavy atom. The second-order valence-electron chi connectivity index (χ2n) is 8.96. The lowest BCUT2D eigenvalue weighted by Crippen LogP contribution is -2.06. The molecule has 0 atom stereocenters. The fourth-order valence-electron chi connectivity index (χ4n) is 4.91. The Morgan fingerprint density at radius 3 is 2.03 bits per heavy atom. The Labute approximate surface area is 198 Å². The van der Waals surface area contributed by atoms with Gasteiger partial charge >= 0.3 is 0 Å². The summed E-state index contributed by atoms with van der Waals surface area (Å²) in [4.78, 5) is 0. The van der Waals surface area contributed by atoms with Crippen molar-refractivity contribution >= 4 is 27.7 Å². The van der Waals surface area contributed by atoms with Gasteiger partial charge in [0.05, 0.1) is 6.26 Å². The van der Waals surface area contributed by atoms with E-state index in [2.05, 4.69) is 71.7 Å². The van der Waals surface area contributed by atoms with Gasteiger partial charge < -0.3 is 8.83 Å². The van der Waals surface area contributed by atoms with Crippen LogP contribution in [0.25, 0.3) is 44.2 Å². The van der Waals surface area contributed by atoms with E-state index >= 15 is 0 Å². The second kappa shape index (κ2) is 8.79. The molecular formula is C30H26N2O2. The number of furan rings is 1. The minimum absolute atomic E-state index is 0.515. The third-order valence-electron chi connectivity index (χ3n) is 6.70. The van der Waals surface area contributed by atoms with Gasteiger partial charge in [0.1, 0.15) is 11.2 Å². The minimum atomic E-state index is 0.515. The molecule has 2 heterocycles. The van der Waals surface area contributed by atoms with E-state index in [0.717, 1.165) is 68.3 Å². The Hall–Kier alpha value is -3.92. The van der Waals surface area contributed by atoms with Gasteiger partial charge in [-0.05, 0) is 55.4 Å². The molecule has 1 fully saturated rings. The molecule has 4 nitrogen and oxygen atoms in total. The van der Waals surface area contributed by atoms with Crippen LogP contribution in [0.2, 0.25) is 0 Å². The van der Waals surface area contributed by atoms with Crippen LogP contribution in [0.5, 0.6) is 0 Å². The molecule has 6 rings (SSSR count). The van der Waals surface area contributed by atoms with Crippen molar-refractivity contribution < 1.29 is 8.83 Å². The van der Waals surface area contributed by atoms with E-state index in [4.69, 9.17) is 8.83 Å². The largest absolute Gasteiger partial charge is 0.463 e. The van der Waals surface area contributed by atoms with Crippen molar-refractivity contribution in [2.24, 2.45) is 10.2 Å². The van der Waals surface area contributed by atoms with Crippen molar-refractivity contribution in [1.82, 2.24) is 0 Å². The van der Waals surface area contributed by atoms with Crippen molar-refractivity contribution in [3.63, 3.8) is 0 Å². The Bertz CT molecular complexity index is 1570. The Balaban J connectivity index is 1.62. The van der Waals surface area contributed by atoms with Gasteiger partial charge in [0.2, 0.25) is 5.55 Å². The summed E-state index contributed by atoms with van der Waals surface area (Å²) < 4.78 is 12.4. The lowest BCUT2D eigenvalue weighted by Gasteiger charge is -2.11. The third kappa shape index (κ3) is 3.75. The van der Waals surface area contributed by atoms with Crippen molar-refractivity contribution in [2.75, 3.05) is 0 Å². The minimum Gasteiger partial charge on any atom is -0.463 e. The zero-order valence-corrected chi connectivity index (χ0v) is 19.3. The van der Waals surface area contributed by atoms with Crippen molar-refractivity contribution in [3.8, 4) is 22.3 Å². The summed E-state index contributed by atoms with van der Waals surface area (Å²) >= 11 is 0. The van der Waals surface area contributed by atoms with Gasteiger partial charge in [-0.2, -0.15) is 5.10 Å². The molecule has 0 spiro atoms. The molecule has 0 saturated heterocycles. The molecule has 1 saturated carbocycles. The third-order valence-corrected chi connectivity index (χ3v) is 6.70. The molecule has 4 heteroatoms. The average molecular weight is 447 g/mol. The smallest absolute Gasteiger partial charge is 0.239 e. The quantitative estimate of drug-likeness (QED) is 0.263. The maximum absolute atomic E-state index is 6.34. The number of nitrogens with zero attached hydrogens (tertiary/aromatic N) is 2. The lowest BCUT2D eigenvalue weighted by molar-refractivity contribution is 0.533. The number of fused-ring (bicyclic) bond motifs is 2. The summed E-state index contributed by atoms with van der Waals surface area (Å²) in [6, 6.07) is 24.9. The van der Waals surface area contributed by atoms with Crippen molar-refractivity contribution in [3.05, 3.63) is 90.2 Å². The van der Waals surface area contributed by atoms with Crippen LogP contribution in [-0.2, 0) is 0 Å². The average Bonchev–Trinajstić information content (AvgIpc) is 3.33. The standard InChI is InChI=1S/C30H26N2O2/c1-20-29-26(27(19-33-29)22-13-7-3-8-14-22)17-25-24(21-11-5-2-6-12-21)18-28(34-30(20)25)32-31-23-15-9-4-10-16-23/h2-3,5-8,11-14,17-19H,4,9-10,15-16H2,1H3/b32-28-. The number of rotatable bonds is 3. The van der Waals surface area contributed by atoms with Gasteiger partial charge in [-0.1, -0.05) is 67.1 Å². The predicted octanol–water partition coefficient (Wildman–Crippen LogP) is 8.04. The van der Waals surface area contributed by atoms with Crippen LogP contribution in [-0.4, -0.2) is 5.71 Å². The van der Waals surface area contributed by atoms with Crippen LogP contribution >= 0.6 is 0 Å². The van der Waals surface area contributed by atoms with E-state index in [9.17, 15) is 0 Å². The maximum atomic E-state index is 6.34. The van der Waals surface area contributed by atoms with E-state index in [-0.39, 0.29) is 0 Å². The van der Waals surface area contributed by atoms with Crippen LogP contribution in [0.4, 0.5) is 0 Å². The van der Waals surface area contributed by atoms with E-state index in [0.29, 0.717) is 5.55 Å². The van der Waals surface area contributed by atoms with Crippen LogP contribution < -0.4 is 5.55 Å². The van der Waals surface area contributed by atoms with E-state index in [1.165, 1.54) is 19.3 Å². The highest BCUT2D eigenvalue weighted by Crippen LogP contribution is 2.38. The monoisotopic (exact) mass is 446 g/mol. The van der Waals surface area contributed by atoms with Crippen molar-refractivity contribution in [1.29, 1.82) is 0 Å². The summed E-state index contributed by atoms with van der Waals surface area (Å²) in [5, 5.41) is 11.2. The molecule has 0 radical (unpaired) electrons. The fourth-order valence-corrected chi connectivity index (χ4v) is 4.91. The van der Waals surface area contributed by atoms with Gasteiger partial charge in [0.15, 0.2) is 0 Å². The first-order valence-electron chi connectivity index (χ1n) is 12.0. The first kappa shape index (κ1) is 20.7. The zero-order chi connectivity index (χ0) is 22.9. The fraction of sp³-hybridized carbons (Fsp3) is 0.200. The number of hydrogen-bond donors (Lipinski definition) is 0. The zero-order valence-electron chi connectivity index (χ0n) is 19.3.